The van der Waals surface area contributed by atoms with Crippen molar-refractivity contribution in [1.29, 1.82) is 0 Å². The van der Waals surface area contributed by atoms with Crippen LogP contribution in [0, 0.1) is 12.7 Å². The Bertz CT molecular complexity index is 1220. The minimum Gasteiger partial charge on any atom is -0.775 e. The summed E-state index contributed by atoms with van der Waals surface area (Å²) in [4.78, 5) is 29.7. The van der Waals surface area contributed by atoms with E-state index in [1.54, 1.807) is 12.1 Å². The van der Waals surface area contributed by atoms with E-state index in [2.05, 4.69) is 14.3 Å². The molecule has 4 rings (SSSR count). The molecule has 2 unspecified atom stereocenters. The third-order valence-electron chi connectivity index (χ3n) is 3.95. The van der Waals surface area contributed by atoms with E-state index in [0.717, 1.165) is 5.56 Å². The van der Waals surface area contributed by atoms with Gasteiger partial charge in [0.1, 0.15) is 11.6 Å². The molecule has 0 bridgehead atoms. The summed E-state index contributed by atoms with van der Waals surface area (Å²) in [6, 6.07) is 9.12. The van der Waals surface area contributed by atoms with Crippen LogP contribution in [0.25, 0.3) is 21.8 Å². The summed E-state index contributed by atoms with van der Waals surface area (Å²) in [6.07, 6.45) is 2.68. The Kier molecular flexibility index (Phi) is 9.02. The number of H-pyrrole nitrogens is 2. The molecule has 0 aliphatic carbocycles. The van der Waals surface area contributed by atoms with Gasteiger partial charge in [0, 0.05) is 28.7 Å². The number of rotatable bonds is 6. The van der Waals surface area contributed by atoms with E-state index in [1.807, 2.05) is 13.0 Å². The smallest absolute Gasteiger partial charge is 0.775 e. The summed E-state index contributed by atoms with van der Waals surface area (Å²) < 4.78 is 39.8. The van der Waals surface area contributed by atoms with Crippen LogP contribution in [0.1, 0.15) is 5.56 Å². The molecule has 2 atom stereocenters. The molecule has 2 heterocycles. The van der Waals surface area contributed by atoms with Crippen molar-refractivity contribution in [2.45, 2.75) is 6.92 Å². The van der Waals surface area contributed by atoms with E-state index in [0.29, 0.717) is 21.8 Å². The third kappa shape index (κ3) is 5.88. The average Bonchev–Trinajstić information content (AvgIpc) is 3.17. The molecular weight excluding hydrogens is 455 g/mol. The first-order chi connectivity index (χ1) is 13.3. The zero-order valence-corrected chi connectivity index (χ0v) is 22.1. The van der Waals surface area contributed by atoms with Crippen LogP contribution >= 0.6 is 16.4 Å². The number of benzene rings is 2. The molecule has 0 spiro atoms. The van der Waals surface area contributed by atoms with Gasteiger partial charge in [-0.2, -0.15) is 0 Å². The first kappa shape index (κ1) is 25.8. The minimum atomic E-state index is -4.99. The van der Waals surface area contributed by atoms with Crippen molar-refractivity contribution < 1.29 is 91.2 Å². The molecular formula is C17H13FN2Na2O6P2. The summed E-state index contributed by atoms with van der Waals surface area (Å²) in [5.74, 6) is -0.397. The zero-order valence-electron chi connectivity index (χ0n) is 16.3. The second-order valence-electron chi connectivity index (χ2n) is 5.98. The van der Waals surface area contributed by atoms with Crippen LogP contribution in [-0.4, -0.2) is 9.97 Å². The molecule has 8 nitrogen and oxygen atoms in total. The Morgan fingerprint density at radius 2 is 1.60 bits per heavy atom. The predicted octanol–water partition coefficient (Wildman–Crippen LogP) is -2.37. The molecule has 13 heteroatoms. The van der Waals surface area contributed by atoms with Gasteiger partial charge in [0.25, 0.3) is 0 Å². The van der Waals surface area contributed by atoms with Gasteiger partial charge >= 0.3 is 66.9 Å². The van der Waals surface area contributed by atoms with Crippen LogP contribution in [0.2, 0.25) is 0 Å². The minimum absolute atomic E-state index is 0. The molecule has 0 fully saturated rings. The molecule has 2 aromatic heterocycles. The Balaban J connectivity index is 0.00000160. The van der Waals surface area contributed by atoms with Crippen molar-refractivity contribution in [2.24, 2.45) is 0 Å². The molecule has 4 aromatic rings. The van der Waals surface area contributed by atoms with Gasteiger partial charge in [-0.15, -0.1) is 0 Å². The van der Waals surface area contributed by atoms with Crippen molar-refractivity contribution in [3.63, 3.8) is 0 Å². The number of aromatic nitrogens is 2. The molecule has 0 aliphatic heterocycles. The molecule has 2 N–H and O–H groups in total. The topological polar surface area (TPSA) is 122 Å². The number of hydrogen-bond acceptors (Lipinski definition) is 6. The number of nitrogens with one attached hydrogen (secondary N) is 2. The van der Waals surface area contributed by atoms with Crippen molar-refractivity contribution in [2.75, 3.05) is 0 Å². The zero-order chi connectivity index (χ0) is 19.9. The molecule has 0 amide bonds. The van der Waals surface area contributed by atoms with Crippen LogP contribution < -0.4 is 77.9 Å². The summed E-state index contributed by atoms with van der Waals surface area (Å²) in [6.45, 7) is 1.89. The first-order valence-electron chi connectivity index (χ1n) is 8.01. The maximum Gasteiger partial charge on any atom is 1.00 e. The molecule has 2 aromatic carbocycles. The van der Waals surface area contributed by atoms with Crippen molar-refractivity contribution in [3.05, 3.63) is 60.2 Å². The number of aryl methyl sites for hydroxylation is 1. The molecule has 0 saturated carbocycles. The van der Waals surface area contributed by atoms with Gasteiger partial charge in [-0.25, -0.2) is 4.39 Å². The Morgan fingerprint density at radius 1 is 1.00 bits per heavy atom. The largest absolute Gasteiger partial charge is 1.00 e. The maximum atomic E-state index is 13.2. The van der Waals surface area contributed by atoms with E-state index in [4.69, 9.17) is 9.05 Å². The van der Waals surface area contributed by atoms with E-state index in [-0.39, 0.29) is 70.6 Å². The van der Waals surface area contributed by atoms with Gasteiger partial charge in [0.2, 0.25) is 0 Å². The number of aromatic amines is 2. The number of fused-ring (bicyclic) bond motifs is 2. The Labute approximate surface area is 216 Å². The summed E-state index contributed by atoms with van der Waals surface area (Å²) in [5, 5.41) is 0.946. The van der Waals surface area contributed by atoms with Crippen molar-refractivity contribution in [1.82, 2.24) is 9.97 Å². The van der Waals surface area contributed by atoms with E-state index in [1.165, 1.54) is 30.6 Å². The van der Waals surface area contributed by atoms with Gasteiger partial charge in [0.05, 0.1) is 5.52 Å². The van der Waals surface area contributed by atoms with Gasteiger partial charge in [-0.1, -0.05) is 6.07 Å². The van der Waals surface area contributed by atoms with Crippen LogP contribution in [0.4, 0.5) is 4.39 Å². The second-order valence-corrected chi connectivity index (χ2v) is 8.34. The maximum absolute atomic E-state index is 13.2. The van der Waals surface area contributed by atoms with Gasteiger partial charge in [-0.05, 0) is 42.8 Å². The predicted molar refractivity (Wildman–Crippen MR) is 98.2 cm³/mol. The van der Waals surface area contributed by atoms with Crippen LogP contribution in [0.3, 0.4) is 0 Å². The molecule has 0 radical (unpaired) electrons. The van der Waals surface area contributed by atoms with Gasteiger partial charge in [-0.3, -0.25) is 8.88 Å². The molecule has 0 saturated heterocycles. The normalized spacial score (nSPS) is 13.9. The SMILES string of the molecule is Cc1ccc2c(OP(=O)([O-])OP([O-])Oc3c[nH]c4cc(F)ccc34)c[nH]c2c1.[Na+].[Na+]. The van der Waals surface area contributed by atoms with Crippen molar-refractivity contribution >= 4 is 38.2 Å². The number of halogens is 1. The van der Waals surface area contributed by atoms with Crippen LogP contribution in [0.15, 0.2) is 48.8 Å². The fraction of sp³-hybridized carbons (Fsp3) is 0.0588. The van der Waals surface area contributed by atoms with Crippen molar-refractivity contribution in [3.8, 4) is 11.5 Å². The van der Waals surface area contributed by atoms with E-state index in [9.17, 15) is 18.7 Å². The van der Waals surface area contributed by atoms with Gasteiger partial charge in [0.15, 0.2) is 14.4 Å². The Morgan fingerprint density at radius 3 is 2.33 bits per heavy atom. The molecule has 0 aliphatic rings. The monoisotopic (exact) mass is 468 g/mol. The van der Waals surface area contributed by atoms with E-state index < -0.39 is 22.2 Å². The molecule has 146 valence electrons. The van der Waals surface area contributed by atoms with Crippen LogP contribution in [0.5, 0.6) is 11.5 Å². The third-order valence-corrected chi connectivity index (χ3v) is 6.05. The second kappa shape index (κ2) is 10.5. The summed E-state index contributed by atoms with van der Waals surface area (Å²) in [5.41, 5.74) is 2.06. The van der Waals surface area contributed by atoms with E-state index >= 15 is 0 Å². The average molecular weight is 468 g/mol. The first-order valence-corrected chi connectivity index (χ1v) is 10.6. The number of hydrogen-bond donors (Lipinski definition) is 2. The summed E-state index contributed by atoms with van der Waals surface area (Å²) >= 11 is 0. The Hall–Kier alpha value is -0.410. The number of phosphoric acid groups is 1. The fourth-order valence-electron chi connectivity index (χ4n) is 2.75. The quantitative estimate of drug-likeness (QED) is 0.241. The van der Waals surface area contributed by atoms with Crippen LogP contribution in [-0.2, 0) is 8.88 Å². The standard InChI is InChI=1S/C17H14FN2O6P2.2Na/c1-10-2-4-13-14(6-10)20-9-17(13)25-28(22,23)26-27(21)24-16-8-19-15-7-11(18)3-5-12(15)16;;/h2-9,19-20H,1H3,(H,22,23);;/q-1;2*+1/p-1. The summed E-state index contributed by atoms with van der Waals surface area (Å²) in [7, 11) is -8.09. The van der Waals surface area contributed by atoms with Gasteiger partial charge < -0.3 is 28.8 Å². The molecule has 30 heavy (non-hydrogen) atoms. The number of phosphoric ester groups is 1. The fourth-order valence-corrected chi connectivity index (χ4v) is 4.38.